The number of pyridine rings is 1. The number of hydrogen-bond donors (Lipinski definition) is 1. The summed E-state index contributed by atoms with van der Waals surface area (Å²) < 4.78 is 4.90. The molecule has 0 spiro atoms. The van der Waals surface area contributed by atoms with Crippen LogP contribution in [0.4, 0.5) is 0 Å². The Hall–Kier alpha value is -2.40. The molecule has 1 amide bonds. The Bertz CT molecular complexity index is 647. The van der Waals surface area contributed by atoms with E-state index in [0.29, 0.717) is 23.6 Å². The molecule has 0 atom stereocenters. The molecule has 0 saturated heterocycles. The van der Waals surface area contributed by atoms with Crippen molar-refractivity contribution in [1.82, 2.24) is 10.3 Å². The van der Waals surface area contributed by atoms with Gasteiger partial charge in [0.05, 0.1) is 5.56 Å². The number of halogens is 1. The highest BCUT2D eigenvalue weighted by molar-refractivity contribution is 6.30. The van der Waals surface area contributed by atoms with E-state index in [0.717, 1.165) is 5.56 Å². The minimum atomic E-state index is -0.571. The highest BCUT2D eigenvalue weighted by atomic mass is 35.5. The average Bonchev–Trinajstić information content (AvgIpc) is 2.53. The number of nitrogens with zero attached hydrogens (tertiary/aromatic N) is 1. The van der Waals surface area contributed by atoms with E-state index in [4.69, 9.17) is 16.3 Å². The number of nitrogens with one attached hydrogen (secondary N) is 1. The predicted octanol–water partition coefficient (Wildman–Crippen LogP) is 2.25. The molecule has 5 nitrogen and oxygen atoms in total. The van der Waals surface area contributed by atoms with Crippen LogP contribution in [0, 0.1) is 0 Å². The van der Waals surface area contributed by atoms with Gasteiger partial charge in [0.15, 0.2) is 6.61 Å². The number of hydrogen-bond acceptors (Lipinski definition) is 4. The van der Waals surface area contributed by atoms with Gasteiger partial charge in [-0.05, 0) is 36.2 Å². The van der Waals surface area contributed by atoms with Crippen molar-refractivity contribution in [2.75, 3.05) is 13.2 Å². The summed E-state index contributed by atoms with van der Waals surface area (Å²) in [5.74, 6) is -0.919. The van der Waals surface area contributed by atoms with Crippen molar-refractivity contribution in [2.45, 2.75) is 6.42 Å². The number of rotatable bonds is 6. The molecule has 2 rings (SSSR count). The van der Waals surface area contributed by atoms with Gasteiger partial charge in [0.1, 0.15) is 0 Å². The van der Waals surface area contributed by atoms with Crippen LogP contribution in [0.5, 0.6) is 0 Å². The van der Waals surface area contributed by atoms with Crippen LogP contribution in [0.15, 0.2) is 48.8 Å². The lowest BCUT2D eigenvalue weighted by molar-refractivity contribution is -0.124. The van der Waals surface area contributed by atoms with Gasteiger partial charge >= 0.3 is 5.97 Å². The molecule has 6 heteroatoms. The van der Waals surface area contributed by atoms with Crippen molar-refractivity contribution in [3.05, 3.63) is 64.9 Å². The highest BCUT2D eigenvalue weighted by Gasteiger charge is 2.09. The Kier molecular flexibility index (Phi) is 5.91. The summed E-state index contributed by atoms with van der Waals surface area (Å²) in [4.78, 5) is 27.0. The number of benzene rings is 1. The number of carbonyl (C=O) groups excluding carboxylic acids is 2. The molecular weight excluding hydrogens is 304 g/mol. The molecule has 2 aromatic rings. The zero-order chi connectivity index (χ0) is 15.8. The minimum absolute atomic E-state index is 0.314. The van der Waals surface area contributed by atoms with Crippen molar-refractivity contribution in [3.8, 4) is 0 Å². The number of carbonyl (C=O) groups is 2. The fourth-order valence-corrected chi connectivity index (χ4v) is 2.00. The van der Waals surface area contributed by atoms with Gasteiger partial charge in [0.2, 0.25) is 0 Å². The third-order valence-corrected chi connectivity index (χ3v) is 3.09. The standard InChI is InChI=1S/C16H15ClN2O3/c17-14-5-1-3-12(9-14)6-8-19-15(20)11-22-16(21)13-4-2-7-18-10-13/h1-5,7,9-10H,6,8,11H2,(H,19,20). The van der Waals surface area contributed by atoms with Gasteiger partial charge in [-0.25, -0.2) is 4.79 Å². The molecule has 1 aromatic heterocycles. The van der Waals surface area contributed by atoms with Crippen LogP contribution >= 0.6 is 11.6 Å². The van der Waals surface area contributed by atoms with Gasteiger partial charge in [0.25, 0.3) is 5.91 Å². The Morgan fingerprint density at radius 1 is 1.23 bits per heavy atom. The van der Waals surface area contributed by atoms with E-state index < -0.39 is 5.97 Å². The summed E-state index contributed by atoms with van der Waals surface area (Å²) in [6.07, 6.45) is 3.60. The number of ether oxygens (including phenoxy) is 1. The molecule has 0 radical (unpaired) electrons. The van der Waals surface area contributed by atoms with Crippen LogP contribution in [0.25, 0.3) is 0 Å². The molecule has 114 valence electrons. The van der Waals surface area contributed by atoms with Crippen LogP contribution in [0.1, 0.15) is 15.9 Å². The lowest BCUT2D eigenvalue weighted by Crippen LogP contribution is -2.30. The fourth-order valence-electron chi connectivity index (χ4n) is 1.79. The summed E-state index contributed by atoms with van der Waals surface area (Å²) in [7, 11) is 0. The smallest absolute Gasteiger partial charge is 0.340 e. The summed E-state index contributed by atoms with van der Waals surface area (Å²) in [6.45, 7) is 0.132. The summed E-state index contributed by atoms with van der Waals surface area (Å²) in [5, 5.41) is 3.34. The molecule has 0 bridgehead atoms. The van der Waals surface area contributed by atoms with E-state index in [1.807, 2.05) is 18.2 Å². The van der Waals surface area contributed by atoms with Crippen LogP contribution in [0.2, 0.25) is 5.02 Å². The molecule has 0 aliphatic rings. The fraction of sp³-hybridized carbons (Fsp3) is 0.188. The van der Waals surface area contributed by atoms with Crippen molar-refractivity contribution in [3.63, 3.8) is 0 Å². The van der Waals surface area contributed by atoms with Crippen LogP contribution < -0.4 is 5.32 Å². The van der Waals surface area contributed by atoms with Gasteiger partial charge in [0, 0.05) is 24.0 Å². The first-order chi connectivity index (χ1) is 10.6. The Morgan fingerprint density at radius 2 is 2.09 bits per heavy atom. The SMILES string of the molecule is O=C(COC(=O)c1cccnc1)NCCc1cccc(Cl)c1. The second-order valence-electron chi connectivity index (χ2n) is 4.55. The first-order valence-electron chi connectivity index (χ1n) is 6.73. The lowest BCUT2D eigenvalue weighted by Gasteiger charge is -2.07. The molecular formula is C16H15ClN2O3. The monoisotopic (exact) mass is 318 g/mol. The summed E-state index contributed by atoms with van der Waals surface area (Å²) in [6, 6.07) is 10.6. The van der Waals surface area contributed by atoms with Gasteiger partial charge in [-0.2, -0.15) is 0 Å². The molecule has 0 saturated carbocycles. The number of esters is 1. The molecule has 0 aliphatic heterocycles. The van der Waals surface area contributed by atoms with Gasteiger partial charge in [-0.15, -0.1) is 0 Å². The summed E-state index contributed by atoms with van der Waals surface area (Å²) >= 11 is 5.88. The Balaban J connectivity index is 1.69. The molecule has 22 heavy (non-hydrogen) atoms. The molecule has 1 aromatic carbocycles. The quantitative estimate of drug-likeness (QED) is 0.829. The minimum Gasteiger partial charge on any atom is -0.452 e. The van der Waals surface area contributed by atoms with E-state index in [-0.39, 0.29) is 12.5 Å². The zero-order valence-corrected chi connectivity index (χ0v) is 12.5. The molecule has 0 aliphatic carbocycles. The van der Waals surface area contributed by atoms with Crippen molar-refractivity contribution in [1.29, 1.82) is 0 Å². The van der Waals surface area contributed by atoms with Crippen LogP contribution in [-0.4, -0.2) is 30.0 Å². The number of amides is 1. The van der Waals surface area contributed by atoms with Gasteiger partial charge < -0.3 is 10.1 Å². The van der Waals surface area contributed by atoms with Gasteiger partial charge in [-0.3, -0.25) is 9.78 Å². The molecule has 1 heterocycles. The third-order valence-electron chi connectivity index (χ3n) is 2.86. The first-order valence-corrected chi connectivity index (χ1v) is 7.11. The average molecular weight is 319 g/mol. The maximum Gasteiger partial charge on any atom is 0.340 e. The molecule has 1 N–H and O–H groups in total. The number of aromatic nitrogens is 1. The lowest BCUT2D eigenvalue weighted by atomic mass is 10.1. The Labute approximate surface area is 133 Å². The topological polar surface area (TPSA) is 68.3 Å². The van der Waals surface area contributed by atoms with E-state index in [9.17, 15) is 9.59 Å². The Morgan fingerprint density at radius 3 is 2.82 bits per heavy atom. The van der Waals surface area contributed by atoms with Crippen molar-refractivity contribution >= 4 is 23.5 Å². The molecule has 0 unspecified atom stereocenters. The van der Waals surface area contributed by atoms with Crippen LogP contribution in [0.3, 0.4) is 0 Å². The second-order valence-corrected chi connectivity index (χ2v) is 4.98. The van der Waals surface area contributed by atoms with Crippen LogP contribution in [-0.2, 0) is 16.0 Å². The van der Waals surface area contributed by atoms with E-state index >= 15 is 0 Å². The first kappa shape index (κ1) is 16.0. The second kappa shape index (κ2) is 8.14. The maximum atomic E-state index is 11.6. The van der Waals surface area contributed by atoms with Crippen molar-refractivity contribution < 1.29 is 14.3 Å². The van der Waals surface area contributed by atoms with E-state index in [1.54, 1.807) is 24.4 Å². The van der Waals surface area contributed by atoms with Crippen molar-refractivity contribution in [2.24, 2.45) is 0 Å². The highest BCUT2D eigenvalue weighted by Crippen LogP contribution is 2.10. The maximum absolute atomic E-state index is 11.6. The van der Waals surface area contributed by atoms with E-state index in [1.165, 1.54) is 6.20 Å². The van der Waals surface area contributed by atoms with E-state index in [2.05, 4.69) is 10.3 Å². The third kappa shape index (κ3) is 5.18. The largest absolute Gasteiger partial charge is 0.452 e. The molecule has 0 fully saturated rings. The predicted molar refractivity (Wildman–Crippen MR) is 82.7 cm³/mol. The van der Waals surface area contributed by atoms with Gasteiger partial charge in [-0.1, -0.05) is 23.7 Å². The zero-order valence-electron chi connectivity index (χ0n) is 11.8. The normalized spacial score (nSPS) is 10.0. The summed E-state index contributed by atoms with van der Waals surface area (Å²) in [5.41, 5.74) is 1.34.